The number of nitrogens with two attached hydrogens (primary N) is 1. The highest BCUT2D eigenvalue weighted by atomic mass is 16.1. The Morgan fingerprint density at radius 2 is 2.20 bits per heavy atom. The summed E-state index contributed by atoms with van der Waals surface area (Å²) in [5.41, 5.74) is 5.97. The molecule has 0 aliphatic heterocycles. The average Bonchev–Trinajstić information content (AvgIpc) is 2.85. The maximum atomic E-state index is 12.1. The number of carbonyl (C=O) groups is 1. The summed E-state index contributed by atoms with van der Waals surface area (Å²) in [6, 6.07) is 0. The lowest BCUT2D eigenvalue weighted by atomic mass is 9.71. The predicted octanol–water partition coefficient (Wildman–Crippen LogP) is 1.38. The second kappa shape index (κ2) is 6.88. The number of imidazole rings is 1. The van der Waals surface area contributed by atoms with Crippen LogP contribution in [0, 0.1) is 5.41 Å². The molecule has 1 saturated carbocycles. The van der Waals surface area contributed by atoms with Crippen molar-refractivity contribution >= 4 is 5.91 Å². The molecule has 1 amide bonds. The number of nitrogens with zero attached hydrogens (tertiary/aromatic N) is 2. The average molecular weight is 278 g/mol. The first-order valence-electron chi connectivity index (χ1n) is 7.58. The summed E-state index contributed by atoms with van der Waals surface area (Å²) in [7, 11) is 1.97. The van der Waals surface area contributed by atoms with Crippen molar-refractivity contribution in [2.75, 3.05) is 13.1 Å². The zero-order valence-corrected chi connectivity index (χ0v) is 12.4. The van der Waals surface area contributed by atoms with E-state index in [0.29, 0.717) is 19.5 Å². The van der Waals surface area contributed by atoms with E-state index in [-0.39, 0.29) is 11.3 Å². The molecule has 1 fully saturated rings. The molecule has 0 saturated heterocycles. The Kier molecular flexibility index (Phi) is 5.17. The van der Waals surface area contributed by atoms with Crippen LogP contribution in [0.2, 0.25) is 0 Å². The Bertz CT molecular complexity index is 435. The molecule has 0 radical (unpaired) electrons. The summed E-state index contributed by atoms with van der Waals surface area (Å²) in [6.45, 7) is 1.27. The maximum absolute atomic E-state index is 12.1. The molecular weight excluding hydrogens is 252 g/mol. The van der Waals surface area contributed by atoms with Gasteiger partial charge in [-0.05, 0) is 24.8 Å². The van der Waals surface area contributed by atoms with Crippen molar-refractivity contribution in [1.82, 2.24) is 14.9 Å². The van der Waals surface area contributed by atoms with Crippen LogP contribution < -0.4 is 11.1 Å². The summed E-state index contributed by atoms with van der Waals surface area (Å²) in [4.78, 5) is 16.3. The monoisotopic (exact) mass is 278 g/mol. The van der Waals surface area contributed by atoms with E-state index >= 15 is 0 Å². The van der Waals surface area contributed by atoms with Gasteiger partial charge in [-0.25, -0.2) is 4.98 Å². The number of aromatic nitrogens is 2. The zero-order valence-electron chi connectivity index (χ0n) is 12.4. The molecule has 0 unspecified atom stereocenters. The van der Waals surface area contributed by atoms with Crippen LogP contribution in [0.1, 0.15) is 44.3 Å². The quantitative estimate of drug-likeness (QED) is 0.825. The topological polar surface area (TPSA) is 72.9 Å². The molecule has 1 aromatic heterocycles. The minimum atomic E-state index is 0.0472. The van der Waals surface area contributed by atoms with Gasteiger partial charge in [0, 0.05) is 38.8 Å². The minimum Gasteiger partial charge on any atom is -0.356 e. The lowest BCUT2D eigenvalue weighted by Crippen LogP contribution is -2.39. The molecule has 112 valence electrons. The van der Waals surface area contributed by atoms with Crippen molar-refractivity contribution in [1.29, 1.82) is 0 Å². The molecule has 5 heteroatoms. The number of hydrogen-bond acceptors (Lipinski definition) is 3. The van der Waals surface area contributed by atoms with Crippen molar-refractivity contribution in [2.45, 2.75) is 44.9 Å². The Morgan fingerprint density at radius 3 is 2.80 bits per heavy atom. The van der Waals surface area contributed by atoms with Crippen LogP contribution in [0.3, 0.4) is 0 Å². The third-order valence-corrected chi connectivity index (χ3v) is 4.47. The molecule has 1 aromatic rings. The molecule has 0 spiro atoms. The van der Waals surface area contributed by atoms with Gasteiger partial charge in [-0.15, -0.1) is 0 Å². The first kappa shape index (κ1) is 15.0. The highest BCUT2D eigenvalue weighted by Crippen LogP contribution is 2.38. The van der Waals surface area contributed by atoms with E-state index in [0.717, 1.165) is 25.1 Å². The van der Waals surface area contributed by atoms with Crippen molar-refractivity contribution in [2.24, 2.45) is 18.2 Å². The second-order valence-corrected chi connectivity index (χ2v) is 6.00. The van der Waals surface area contributed by atoms with E-state index in [4.69, 9.17) is 5.73 Å². The van der Waals surface area contributed by atoms with E-state index in [1.165, 1.54) is 19.3 Å². The fraction of sp³-hybridized carbons (Fsp3) is 0.733. The zero-order chi connectivity index (χ0) is 14.4. The Morgan fingerprint density at radius 1 is 1.45 bits per heavy atom. The van der Waals surface area contributed by atoms with Crippen LogP contribution in [-0.4, -0.2) is 28.5 Å². The molecule has 20 heavy (non-hydrogen) atoms. The molecule has 3 N–H and O–H groups in total. The molecule has 5 nitrogen and oxygen atoms in total. The Balaban J connectivity index is 1.75. The third kappa shape index (κ3) is 3.82. The summed E-state index contributed by atoms with van der Waals surface area (Å²) < 4.78 is 1.98. The summed E-state index contributed by atoms with van der Waals surface area (Å²) in [6.07, 6.45) is 10.9. The van der Waals surface area contributed by atoms with Crippen LogP contribution in [0.5, 0.6) is 0 Å². The van der Waals surface area contributed by atoms with Gasteiger partial charge in [0.25, 0.3) is 0 Å². The van der Waals surface area contributed by atoms with Crippen molar-refractivity contribution in [3.8, 4) is 0 Å². The Hall–Kier alpha value is -1.36. The molecule has 1 aliphatic carbocycles. The van der Waals surface area contributed by atoms with Crippen LogP contribution in [-0.2, 0) is 18.3 Å². The van der Waals surface area contributed by atoms with Gasteiger partial charge >= 0.3 is 0 Å². The van der Waals surface area contributed by atoms with E-state index in [1.807, 2.05) is 17.8 Å². The van der Waals surface area contributed by atoms with E-state index < -0.39 is 0 Å². The van der Waals surface area contributed by atoms with Crippen LogP contribution in [0.25, 0.3) is 0 Å². The SMILES string of the molecule is Cn1ccnc1CCNC(=O)CC1(CN)CCCCC1. The van der Waals surface area contributed by atoms with Crippen molar-refractivity contribution in [3.05, 3.63) is 18.2 Å². The number of nitrogens with one attached hydrogen (secondary N) is 1. The van der Waals surface area contributed by atoms with Gasteiger partial charge in [0.1, 0.15) is 5.82 Å². The molecule has 0 atom stereocenters. The molecule has 0 aromatic carbocycles. The molecule has 1 heterocycles. The minimum absolute atomic E-state index is 0.0472. The van der Waals surface area contributed by atoms with E-state index in [2.05, 4.69) is 10.3 Å². The highest BCUT2D eigenvalue weighted by molar-refractivity contribution is 5.76. The normalized spacial score (nSPS) is 17.9. The first-order chi connectivity index (χ1) is 9.65. The largest absolute Gasteiger partial charge is 0.356 e. The number of rotatable bonds is 6. The lowest BCUT2D eigenvalue weighted by Gasteiger charge is -2.35. The molecule has 1 aliphatic rings. The van der Waals surface area contributed by atoms with Gasteiger partial charge in [-0.3, -0.25) is 4.79 Å². The van der Waals surface area contributed by atoms with Crippen molar-refractivity contribution < 1.29 is 4.79 Å². The smallest absolute Gasteiger partial charge is 0.220 e. The second-order valence-electron chi connectivity index (χ2n) is 6.00. The predicted molar refractivity (Wildman–Crippen MR) is 79.1 cm³/mol. The standard InChI is InChI=1S/C15H26N4O/c1-19-10-9-17-13(19)5-8-18-14(20)11-15(12-16)6-3-2-4-7-15/h9-10H,2-8,11-12,16H2,1H3,(H,18,20). The summed E-state index contributed by atoms with van der Waals surface area (Å²) >= 11 is 0. The molecular formula is C15H26N4O. The van der Waals surface area contributed by atoms with Gasteiger partial charge in [-0.1, -0.05) is 19.3 Å². The Labute approximate surface area is 120 Å². The summed E-state index contributed by atoms with van der Waals surface area (Å²) in [5.74, 6) is 1.13. The van der Waals surface area contributed by atoms with E-state index in [9.17, 15) is 4.79 Å². The molecule has 2 rings (SSSR count). The maximum Gasteiger partial charge on any atom is 0.220 e. The highest BCUT2D eigenvalue weighted by Gasteiger charge is 2.32. The first-order valence-corrected chi connectivity index (χ1v) is 7.58. The number of hydrogen-bond donors (Lipinski definition) is 2. The number of aryl methyl sites for hydroxylation is 1. The third-order valence-electron chi connectivity index (χ3n) is 4.47. The summed E-state index contributed by atoms with van der Waals surface area (Å²) in [5, 5.41) is 3.01. The van der Waals surface area contributed by atoms with Gasteiger partial charge in [0.05, 0.1) is 0 Å². The lowest BCUT2D eigenvalue weighted by molar-refractivity contribution is -0.123. The van der Waals surface area contributed by atoms with Gasteiger partial charge < -0.3 is 15.6 Å². The van der Waals surface area contributed by atoms with Gasteiger partial charge in [0.2, 0.25) is 5.91 Å². The van der Waals surface area contributed by atoms with Crippen molar-refractivity contribution in [3.63, 3.8) is 0 Å². The number of amides is 1. The van der Waals surface area contributed by atoms with E-state index in [1.54, 1.807) is 6.20 Å². The molecule has 0 bridgehead atoms. The van der Waals surface area contributed by atoms with Gasteiger partial charge in [-0.2, -0.15) is 0 Å². The van der Waals surface area contributed by atoms with Crippen LogP contribution >= 0.6 is 0 Å². The van der Waals surface area contributed by atoms with Gasteiger partial charge in [0.15, 0.2) is 0 Å². The fourth-order valence-electron chi connectivity index (χ4n) is 3.11. The fourth-order valence-corrected chi connectivity index (χ4v) is 3.11. The number of carbonyl (C=O) groups excluding carboxylic acids is 1. The van der Waals surface area contributed by atoms with Crippen LogP contribution in [0.4, 0.5) is 0 Å². The van der Waals surface area contributed by atoms with Crippen LogP contribution in [0.15, 0.2) is 12.4 Å².